The third-order valence-electron chi connectivity index (χ3n) is 9.53. The van der Waals surface area contributed by atoms with Gasteiger partial charge in [0.15, 0.2) is 0 Å². The van der Waals surface area contributed by atoms with Crippen molar-refractivity contribution in [1.82, 2.24) is 19.9 Å². The normalized spacial score (nSPS) is 12.0. The molecule has 0 unspecified atom stereocenters. The summed E-state index contributed by atoms with van der Waals surface area (Å²) >= 11 is 0. The molecule has 5 heterocycles. The molecule has 2 aliphatic heterocycles. The summed E-state index contributed by atoms with van der Waals surface area (Å²) in [5.74, 6) is -0.847. The Labute approximate surface area is 312 Å². The molecule has 0 saturated carbocycles. The Morgan fingerprint density at radius 3 is 0.909 bits per heavy atom. The fraction of sp³-hybridized carbons (Fsp3) is 0. The first-order chi connectivity index (χ1) is 26.6. The Bertz CT molecular complexity index is 2850. The third-order valence-corrected chi connectivity index (χ3v) is 9.53. The number of hydrogen-bond acceptors (Lipinski definition) is 9. The molecular weight excluding hydrogens is 695 g/mol. The summed E-state index contributed by atoms with van der Waals surface area (Å²) in [6.45, 7) is 0. The number of phenolic OH excluding ortho intramolecular Hbond substituents is 6. The molecular formula is C44H31N5O6. The van der Waals surface area contributed by atoms with E-state index in [4.69, 9.17) is 15.7 Å². The van der Waals surface area contributed by atoms with Gasteiger partial charge in [0.1, 0.15) is 34.5 Å². The number of rotatable bonds is 4. The van der Waals surface area contributed by atoms with Crippen molar-refractivity contribution in [3.05, 3.63) is 126 Å². The van der Waals surface area contributed by atoms with E-state index in [9.17, 15) is 30.6 Å². The lowest BCUT2D eigenvalue weighted by atomic mass is 10.0. The minimum absolute atomic E-state index is 0.135. The molecule has 0 spiro atoms. The van der Waals surface area contributed by atoms with Crippen LogP contribution in [0.2, 0.25) is 0 Å². The highest BCUT2D eigenvalue weighted by Gasteiger charge is 2.20. The molecule has 7 aromatic rings. The Morgan fingerprint density at radius 2 is 0.618 bits per heavy atom. The largest absolute Gasteiger partial charge is 0.508 e. The van der Waals surface area contributed by atoms with Gasteiger partial charge in [-0.25, -0.2) is 9.97 Å². The molecule has 55 heavy (non-hydrogen) atoms. The van der Waals surface area contributed by atoms with Crippen molar-refractivity contribution in [2.45, 2.75) is 0 Å². The molecule has 0 atom stereocenters. The number of anilines is 1. The van der Waals surface area contributed by atoms with Crippen LogP contribution in [0.15, 0.2) is 103 Å². The molecule has 0 radical (unpaired) electrons. The standard InChI is InChI=1S/C44H31N5O6/c45-26-3-1-22(2-4-26)41-33-5-7-35(46-33)42(23-13-27(50)19-28(51)14-23)37-9-11-39(48-37)44(25-17-31(54)21-32(55)18-25)40-12-10-38(49-40)43(36-8-6-34(41)47-36)24-15-29(52)20-30(53)16-24/h1-21,46,49-55H,45H2. The van der Waals surface area contributed by atoms with Gasteiger partial charge in [-0.1, -0.05) is 12.1 Å². The van der Waals surface area contributed by atoms with Crippen LogP contribution in [-0.2, 0) is 0 Å². The van der Waals surface area contributed by atoms with Gasteiger partial charge in [-0.2, -0.15) is 0 Å². The quantitative estimate of drug-likeness (QED) is 0.0792. The molecule has 3 aromatic heterocycles. The van der Waals surface area contributed by atoms with E-state index < -0.39 is 0 Å². The number of benzene rings is 4. The molecule has 11 heteroatoms. The minimum atomic E-state index is -0.154. The number of phenols is 6. The lowest BCUT2D eigenvalue weighted by Gasteiger charge is -2.08. The summed E-state index contributed by atoms with van der Waals surface area (Å²) in [5.41, 5.74) is 16.0. The number of aromatic nitrogens is 4. The van der Waals surface area contributed by atoms with Crippen LogP contribution < -0.4 is 5.73 Å². The van der Waals surface area contributed by atoms with Gasteiger partial charge in [-0.05, 0) is 119 Å². The molecule has 0 fully saturated rings. The van der Waals surface area contributed by atoms with Crippen LogP contribution >= 0.6 is 0 Å². The second-order valence-electron chi connectivity index (χ2n) is 13.3. The zero-order chi connectivity index (χ0) is 38.0. The van der Waals surface area contributed by atoms with E-state index >= 15 is 0 Å². The zero-order valence-electron chi connectivity index (χ0n) is 28.8. The molecule has 9 rings (SSSR count). The van der Waals surface area contributed by atoms with Gasteiger partial charge in [0.2, 0.25) is 0 Å². The molecule has 8 bridgehead atoms. The number of nitrogens with two attached hydrogens (primary N) is 1. The number of nitrogens with one attached hydrogen (secondary N) is 2. The molecule has 0 saturated heterocycles. The summed E-state index contributed by atoms with van der Waals surface area (Å²) in [4.78, 5) is 17.3. The second-order valence-corrected chi connectivity index (χ2v) is 13.3. The molecule has 2 aliphatic rings. The number of nitrogens with zero attached hydrogens (tertiary/aromatic N) is 2. The highest BCUT2D eigenvalue weighted by atomic mass is 16.3. The van der Waals surface area contributed by atoms with Crippen molar-refractivity contribution in [2.75, 3.05) is 5.73 Å². The lowest BCUT2D eigenvalue weighted by molar-refractivity contribution is 0.450. The summed E-state index contributed by atoms with van der Waals surface area (Å²) in [6.07, 6.45) is 7.38. The summed E-state index contributed by atoms with van der Waals surface area (Å²) < 4.78 is 0. The number of fused-ring (bicyclic) bond motifs is 8. The van der Waals surface area contributed by atoms with Crippen molar-refractivity contribution in [3.8, 4) is 79.0 Å². The molecule has 4 aromatic carbocycles. The van der Waals surface area contributed by atoms with E-state index in [0.717, 1.165) is 11.1 Å². The number of H-pyrrole nitrogens is 2. The predicted octanol–water partition coefficient (Wildman–Crippen LogP) is 9.14. The molecule has 0 amide bonds. The summed E-state index contributed by atoms with van der Waals surface area (Å²) in [6, 6.07) is 27.9. The van der Waals surface area contributed by atoms with Gasteiger partial charge in [0, 0.05) is 68.2 Å². The van der Waals surface area contributed by atoms with Crippen LogP contribution in [0.4, 0.5) is 5.69 Å². The number of aromatic hydroxyl groups is 6. The summed E-state index contributed by atoms with van der Waals surface area (Å²) in [7, 11) is 0. The third kappa shape index (κ3) is 6.01. The lowest BCUT2D eigenvalue weighted by Crippen LogP contribution is -1.90. The van der Waals surface area contributed by atoms with Crippen molar-refractivity contribution >= 4 is 52.1 Å². The van der Waals surface area contributed by atoms with Crippen LogP contribution in [0.25, 0.3) is 90.9 Å². The highest BCUT2D eigenvalue weighted by molar-refractivity contribution is 6.00. The fourth-order valence-electron chi connectivity index (χ4n) is 7.29. The predicted molar refractivity (Wildman–Crippen MR) is 215 cm³/mol. The van der Waals surface area contributed by atoms with E-state index in [1.807, 2.05) is 72.8 Å². The first-order valence-electron chi connectivity index (χ1n) is 17.2. The maximum absolute atomic E-state index is 10.6. The van der Waals surface area contributed by atoms with Gasteiger partial charge in [0.25, 0.3) is 0 Å². The van der Waals surface area contributed by atoms with Crippen molar-refractivity contribution in [1.29, 1.82) is 0 Å². The van der Waals surface area contributed by atoms with Gasteiger partial charge < -0.3 is 46.3 Å². The zero-order valence-corrected chi connectivity index (χ0v) is 28.8. The van der Waals surface area contributed by atoms with Crippen LogP contribution in [-0.4, -0.2) is 50.6 Å². The van der Waals surface area contributed by atoms with Crippen LogP contribution in [0, 0.1) is 0 Å². The van der Waals surface area contributed by atoms with Crippen molar-refractivity contribution in [3.63, 3.8) is 0 Å². The van der Waals surface area contributed by atoms with E-state index in [0.29, 0.717) is 83.9 Å². The highest BCUT2D eigenvalue weighted by Crippen LogP contribution is 2.41. The van der Waals surface area contributed by atoms with E-state index in [2.05, 4.69) is 9.97 Å². The first kappa shape index (κ1) is 33.0. The van der Waals surface area contributed by atoms with Crippen LogP contribution in [0.1, 0.15) is 22.8 Å². The van der Waals surface area contributed by atoms with Gasteiger partial charge in [-0.15, -0.1) is 0 Å². The molecule has 11 nitrogen and oxygen atoms in total. The second kappa shape index (κ2) is 12.6. The molecule has 10 N–H and O–H groups in total. The Hall–Kier alpha value is -7.92. The number of aromatic amines is 2. The Morgan fingerprint density at radius 1 is 0.345 bits per heavy atom. The maximum Gasteiger partial charge on any atom is 0.119 e. The maximum atomic E-state index is 10.6. The van der Waals surface area contributed by atoms with Crippen molar-refractivity contribution in [2.24, 2.45) is 0 Å². The number of nitrogen functional groups attached to an aromatic ring is 1. The monoisotopic (exact) mass is 725 g/mol. The number of hydrogen-bond donors (Lipinski definition) is 9. The van der Waals surface area contributed by atoms with E-state index in [-0.39, 0.29) is 34.5 Å². The topological polar surface area (TPSA) is 205 Å². The fourth-order valence-corrected chi connectivity index (χ4v) is 7.29. The SMILES string of the molecule is Nc1ccc(-c2c3nc(c(-c4cc(O)cc(O)c4)c4ccc([nH]4)c(-c4cc(O)cc(O)c4)c4nc(c(-c5cc(O)cc(O)c5)c5ccc2[nH]5)C=C4)C=C3)cc1. The van der Waals surface area contributed by atoms with Gasteiger partial charge in [-0.3, -0.25) is 0 Å². The van der Waals surface area contributed by atoms with E-state index in [1.54, 1.807) is 24.3 Å². The Kier molecular flexibility index (Phi) is 7.57. The van der Waals surface area contributed by atoms with Crippen LogP contribution in [0.3, 0.4) is 0 Å². The average molecular weight is 726 g/mol. The Balaban J connectivity index is 1.49. The van der Waals surface area contributed by atoms with Crippen LogP contribution in [0.5, 0.6) is 34.5 Å². The molecule has 268 valence electrons. The molecule has 0 aliphatic carbocycles. The van der Waals surface area contributed by atoms with E-state index in [1.165, 1.54) is 30.3 Å². The average Bonchev–Trinajstić information content (AvgIpc) is 3.95. The van der Waals surface area contributed by atoms with Crippen molar-refractivity contribution < 1.29 is 30.6 Å². The minimum Gasteiger partial charge on any atom is -0.508 e. The summed E-state index contributed by atoms with van der Waals surface area (Å²) in [5, 5.41) is 63.6. The first-order valence-corrected chi connectivity index (χ1v) is 17.2. The smallest absolute Gasteiger partial charge is 0.119 e. The van der Waals surface area contributed by atoms with Gasteiger partial charge in [0.05, 0.1) is 22.8 Å². The van der Waals surface area contributed by atoms with Gasteiger partial charge >= 0.3 is 0 Å².